The van der Waals surface area contributed by atoms with Crippen molar-refractivity contribution >= 4 is 0 Å². The summed E-state index contributed by atoms with van der Waals surface area (Å²) in [4.78, 5) is 0. The van der Waals surface area contributed by atoms with Crippen molar-refractivity contribution in [3.05, 3.63) is 0 Å². The molecule has 0 amide bonds. The van der Waals surface area contributed by atoms with Gasteiger partial charge in [0.15, 0.2) is 0 Å². The van der Waals surface area contributed by atoms with Crippen molar-refractivity contribution in [2.75, 3.05) is 6.61 Å². The van der Waals surface area contributed by atoms with Crippen LogP contribution in [0.15, 0.2) is 0 Å². The van der Waals surface area contributed by atoms with Gasteiger partial charge in [-0.2, -0.15) is 0 Å². The second-order valence-electron chi connectivity index (χ2n) is 1.78. The molecule has 0 aliphatic rings. The van der Waals surface area contributed by atoms with Crippen molar-refractivity contribution in [1.29, 1.82) is 0 Å². The first-order chi connectivity index (χ1) is 3.41. The molecule has 0 aliphatic carbocycles. The van der Waals surface area contributed by atoms with Gasteiger partial charge in [0.1, 0.15) is 0 Å². The van der Waals surface area contributed by atoms with Crippen molar-refractivity contribution in [3.63, 3.8) is 0 Å². The molecule has 0 heterocycles. The molecule has 0 aromatic rings. The maximum atomic E-state index is 8.29. The zero-order valence-electron chi connectivity index (χ0n) is 5.39. The van der Waals surface area contributed by atoms with Crippen molar-refractivity contribution < 1.29 is 9.81 Å². The topological polar surface area (TPSA) is 20.2 Å². The summed E-state index contributed by atoms with van der Waals surface area (Å²) in [5.74, 6) is 0. The Morgan fingerprint density at radius 1 is 1.12 bits per heavy atom. The van der Waals surface area contributed by atoms with Crippen LogP contribution >= 0.6 is 0 Å². The highest BCUT2D eigenvalue weighted by molar-refractivity contribution is 4.35. The van der Waals surface area contributed by atoms with E-state index in [1.807, 2.05) is 0 Å². The van der Waals surface area contributed by atoms with Crippen LogP contribution in [0.4, 0.5) is 4.70 Å². The lowest BCUT2D eigenvalue weighted by Gasteiger charge is -1.90. The lowest BCUT2D eigenvalue weighted by molar-refractivity contribution is 0.283. The molecule has 1 N–H and O–H groups in total. The average molecular weight is 122 g/mol. The van der Waals surface area contributed by atoms with Gasteiger partial charge in [0, 0.05) is 6.61 Å². The lowest BCUT2D eigenvalue weighted by atomic mass is 10.2. The molecule has 0 atom stereocenters. The highest BCUT2D eigenvalue weighted by Crippen LogP contribution is 1.95. The van der Waals surface area contributed by atoms with Gasteiger partial charge in [-0.1, -0.05) is 26.2 Å². The predicted molar refractivity (Wildman–Crippen MR) is 33.7 cm³/mol. The summed E-state index contributed by atoms with van der Waals surface area (Å²) in [5, 5.41) is 8.29. The van der Waals surface area contributed by atoms with Gasteiger partial charge in [-0.3, -0.25) is 4.70 Å². The Bertz CT molecular complexity index is 27.7. The molecule has 0 radical (unpaired) electrons. The van der Waals surface area contributed by atoms with Crippen molar-refractivity contribution in [2.45, 2.75) is 32.6 Å². The Morgan fingerprint density at radius 2 is 1.75 bits per heavy atom. The van der Waals surface area contributed by atoms with Gasteiger partial charge in [0.25, 0.3) is 0 Å². The van der Waals surface area contributed by atoms with Gasteiger partial charge in [0.2, 0.25) is 0 Å². The van der Waals surface area contributed by atoms with E-state index in [-0.39, 0.29) is 4.70 Å². The Morgan fingerprint density at radius 3 is 2.12 bits per heavy atom. The fraction of sp³-hybridized carbons (Fsp3) is 1.00. The Hall–Kier alpha value is -0.110. The third-order valence-corrected chi connectivity index (χ3v) is 1.01. The first-order valence-electron chi connectivity index (χ1n) is 3.02. The number of hydrogen-bond donors (Lipinski definition) is 1. The normalized spacial score (nSPS) is 8.25. The largest absolute Gasteiger partial charge is 0.396 e. The van der Waals surface area contributed by atoms with Crippen LogP contribution in [0.25, 0.3) is 0 Å². The van der Waals surface area contributed by atoms with Crippen molar-refractivity contribution in [2.24, 2.45) is 0 Å². The molecule has 0 saturated heterocycles. The van der Waals surface area contributed by atoms with E-state index in [0.717, 1.165) is 6.42 Å². The molecule has 0 saturated carbocycles. The van der Waals surface area contributed by atoms with E-state index < -0.39 is 0 Å². The minimum atomic E-state index is 0. The summed E-state index contributed by atoms with van der Waals surface area (Å²) < 4.78 is 0. The van der Waals surface area contributed by atoms with E-state index in [4.69, 9.17) is 5.11 Å². The molecule has 2 heteroatoms. The molecule has 0 spiro atoms. The smallest absolute Gasteiger partial charge is 0.0431 e. The van der Waals surface area contributed by atoms with E-state index in [1.54, 1.807) is 0 Å². The third-order valence-electron chi connectivity index (χ3n) is 1.01. The zero-order chi connectivity index (χ0) is 5.54. The van der Waals surface area contributed by atoms with E-state index in [0.29, 0.717) is 6.61 Å². The van der Waals surface area contributed by atoms with Crippen LogP contribution in [-0.2, 0) is 0 Å². The predicted octanol–water partition coefficient (Wildman–Crippen LogP) is 1.71. The first-order valence-corrected chi connectivity index (χ1v) is 3.02. The van der Waals surface area contributed by atoms with Crippen molar-refractivity contribution in [3.8, 4) is 0 Å². The molecule has 0 aliphatic heterocycles. The molecule has 0 aromatic heterocycles. The van der Waals surface area contributed by atoms with Crippen LogP contribution in [0.1, 0.15) is 32.6 Å². The van der Waals surface area contributed by atoms with Crippen LogP contribution in [0.2, 0.25) is 0 Å². The lowest BCUT2D eigenvalue weighted by Crippen LogP contribution is -1.80. The number of hydrogen-bond acceptors (Lipinski definition) is 1. The molecular weight excluding hydrogens is 107 g/mol. The first kappa shape index (κ1) is 10.8. The van der Waals surface area contributed by atoms with Crippen LogP contribution in [-0.4, -0.2) is 11.7 Å². The minimum absolute atomic E-state index is 0. The van der Waals surface area contributed by atoms with E-state index in [1.165, 1.54) is 19.3 Å². The van der Waals surface area contributed by atoms with Gasteiger partial charge >= 0.3 is 0 Å². The third kappa shape index (κ3) is 9.31. The van der Waals surface area contributed by atoms with Crippen molar-refractivity contribution in [1.82, 2.24) is 0 Å². The molecular formula is C6H15FO. The SMILES string of the molecule is CCCCCCO.F. The second-order valence-corrected chi connectivity index (χ2v) is 1.78. The quantitative estimate of drug-likeness (QED) is 0.563. The fourth-order valence-corrected chi connectivity index (χ4v) is 0.539. The monoisotopic (exact) mass is 122 g/mol. The van der Waals surface area contributed by atoms with Crippen LogP contribution < -0.4 is 0 Å². The molecule has 0 aromatic carbocycles. The van der Waals surface area contributed by atoms with Crippen LogP contribution in [0, 0.1) is 0 Å². The summed E-state index contributed by atoms with van der Waals surface area (Å²) in [6, 6.07) is 0. The number of rotatable bonds is 4. The number of aliphatic hydroxyl groups is 1. The Labute approximate surface area is 50.1 Å². The molecule has 8 heavy (non-hydrogen) atoms. The minimum Gasteiger partial charge on any atom is -0.396 e. The highest BCUT2D eigenvalue weighted by atomic mass is 19.0. The summed E-state index contributed by atoms with van der Waals surface area (Å²) in [6.45, 7) is 2.53. The Kier molecular flexibility index (Phi) is 13.5. The molecule has 0 unspecified atom stereocenters. The van der Waals surface area contributed by atoms with Gasteiger partial charge < -0.3 is 5.11 Å². The van der Waals surface area contributed by atoms with Gasteiger partial charge in [-0.05, 0) is 6.42 Å². The number of aliphatic hydroxyl groups excluding tert-OH is 1. The Balaban J connectivity index is 0. The molecule has 0 rings (SSSR count). The number of unbranched alkanes of at least 4 members (excludes halogenated alkanes) is 3. The summed E-state index contributed by atoms with van der Waals surface area (Å²) in [5.41, 5.74) is 0. The summed E-state index contributed by atoms with van der Waals surface area (Å²) in [6.07, 6.45) is 4.68. The maximum Gasteiger partial charge on any atom is 0.0431 e. The molecule has 0 bridgehead atoms. The van der Waals surface area contributed by atoms with Gasteiger partial charge in [-0.15, -0.1) is 0 Å². The van der Waals surface area contributed by atoms with E-state index >= 15 is 0 Å². The zero-order valence-corrected chi connectivity index (χ0v) is 5.39. The summed E-state index contributed by atoms with van der Waals surface area (Å²) >= 11 is 0. The second kappa shape index (κ2) is 10.00. The fourth-order valence-electron chi connectivity index (χ4n) is 0.539. The molecule has 52 valence electrons. The summed E-state index contributed by atoms with van der Waals surface area (Å²) in [7, 11) is 0. The maximum absolute atomic E-state index is 8.29. The standard InChI is InChI=1S/C6H14O.FH/c1-2-3-4-5-6-7;/h7H,2-6H2,1H3;1H. The number of halogens is 1. The van der Waals surface area contributed by atoms with Gasteiger partial charge in [0.05, 0.1) is 0 Å². The highest BCUT2D eigenvalue weighted by Gasteiger charge is 1.80. The van der Waals surface area contributed by atoms with E-state index in [2.05, 4.69) is 6.92 Å². The van der Waals surface area contributed by atoms with Crippen LogP contribution in [0.3, 0.4) is 0 Å². The molecule has 0 fully saturated rings. The van der Waals surface area contributed by atoms with Gasteiger partial charge in [-0.25, -0.2) is 0 Å². The van der Waals surface area contributed by atoms with E-state index in [9.17, 15) is 0 Å². The average Bonchev–Trinajstić information content (AvgIpc) is 1.69. The van der Waals surface area contributed by atoms with Crippen LogP contribution in [0.5, 0.6) is 0 Å². The molecule has 1 nitrogen and oxygen atoms in total.